The smallest absolute Gasteiger partial charge is 0.114 e. The molecule has 2 rings (SSSR count). The molecule has 2 aromatic rings. The van der Waals surface area contributed by atoms with Gasteiger partial charge in [-0.05, 0) is 17.7 Å². The van der Waals surface area contributed by atoms with E-state index >= 15 is 0 Å². The molecule has 1 aromatic heterocycles. The molecule has 0 radical (unpaired) electrons. The molecule has 1 heterocycles. The van der Waals surface area contributed by atoms with Crippen LogP contribution in [0.4, 0.5) is 0 Å². The molecular formula is C11H12ClN3. The molecule has 3 nitrogen and oxygen atoms in total. The van der Waals surface area contributed by atoms with Crippen LogP contribution in [-0.4, -0.2) is 16.5 Å². The SMILES string of the molecule is NCC(c1ccc(Cl)cc1)c1ncc[nH]1. The van der Waals surface area contributed by atoms with Crippen molar-refractivity contribution in [1.82, 2.24) is 9.97 Å². The van der Waals surface area contributed by atoms with Gasteiger partial charge in [-0.15, -0.1) is 0 Å². The quantitative estimate of drug-likeness (QED) is 0.835. The Morgan fingerprint density at radius 2 is 2.07 bits per heavy atom. The van der Waals surface area contributed by atoms with E-state index in [1.807, 2.05) is 24.3 Å². The first-order valence-electron chi connectivity index (χ1n) is 4.76. The zero-order valence-corrected chi connectivity index (χ0v) is 8.91. The van der Waals surface area contributed by atoms with Gasteiger partial charge in [0.2, 0.25) is 0 Å². The lowest BCUT2D eigenvalue weighted by Crippen LogP contribution is -2.15. The summed E-state index contributed by atoms with van der Waals surface area (Å²) in [6.45, 7) is 0.523. The van der Waals surface area contributed by atoms with E-state index in [-0.39, 0.29) is 5.92 Å². The number of nitrogens with two attached hydrogens (primary N) is 1. The molecule has 0 aliphatic heterocycles. The zero-order valence-electron chi connectivity index (χ0n) is 8.15. The highest BCUT2D eigenvalue weighted by molar-refractivity contribution is 6.30. The van der Waals surface area contributed by atoms with Crippen LogP contribution in [0.3, 0.4) is 0 Å². The van der Waals surface area contributed by atoms with Gasteiger partial charge in [-0.2, -0.15) is 0 Å². The summed E-state index contributed by atoms with van der Waals surface area (Å²) in [7, 11) is 0. The summed E-state index contributed by atoms with van der Waals surface area (Å²) >= 11 is 5.83. The van der Waals surface area contributed by atoms with Crippen molar-refractivity contribution >= 4 is 11.6 Å². The second kappa shape index (κ2) is 4.47. The topological polar surface area (TPSA) is 54.7 Å². The Bertz CT molecular complexity index is 408. The molecule has 78 valence electrons. The van der Waals surface area contributed by atoms with Gasteiger partial charge < -0.3 is 10.7 Å². The van der Waals surface area contributed by atoms with Crippen molar-refractivity contribution in [2.45, 2.75) is 5.92 Å². The van der Waals surface area contributed by atoms with E-state index in [1.165, 1.54) is 0 Å². The fourth-order valence-corrected chi connectivity index (χ4v) is 1.69. The van der Waals surface area contributed by atoms with Crippen LogP contribution < -0.4 is 5.73 Å². The van der Waals surface area contributed by atoms with Gasteiger partial charge >= 0.3 is 0 Å². The molecule has 3 N–H and O–H groups in total. The molecule has 1 aromatic carbocycles. The van der Waals surface area contributed by atoms with Gasteiger partial charge in [-0.25, -0.2) is 4.98 Å². The molecule has 0 saturated heterocycles. The maximum Gasteiger partial charge on any atom is 0.114 e. The van der Waals surface area contributed by atoms with Crippen molar-refractivity contribution in [3.05, 3.63) is 53.1 Å². The summed E-state index contributed by atoms with van der Waals surface area (Å²) in [5.41, 5.74) is 6.86. The predicted molar refractivity (Wildman–Crippen MR) is 60.9 cm³/mol. The summed E-state index contributed by atoms with van der Waals surface area (Å²) in [4.78, 5) is 7.29. The first-order valence-corrected chi connectivity index (χ1v) is 5.14. The molecule has 1 unspecified atom stereocenters. The minimum absolute atomic E-state index is 0.109. The third-order valence-electron chi connectivity index (χ3n) is 2.36. The van der Waals surface area contributed by atoms with Crippen molar-refractivity contribution in [3.8, 4) is 0 Å². The summed E-state index contributed by atoms with van der Waals surface area (Å²) in [5, 5.41) is 0.731. The zero-order chi connectivity index (χ0) is 10.7. The van der Waals surface area contributed by atoms with Gasteiger partial charge in [0.25, 0.3) is 0 Å². The molecule has 0 bridgehead atoms. The lowest BCUT2D eigenvalue weighted by Gasteiger charge is -2.12. The fraction of sp³-hybridized carbons (Fsp3) is 0.182. The van der Waals surface area contributed by atoms with E-state index in [2.05, 4.69) is 9.97 Å². The monoisotopic (exact) mass is 221 g/mol. The Kier molecular flexibility index (Phi) is 3.04. The molecule has 4 heteroatoms. The van der Waals surface area contributed by atoms with Gasteiger partial charge in [-0.1, -0.05) is 23.7 Å². The average Bonchev–Trinajstić information content (AvgIpc) is 2.75. The Hall–Kier alpha value is -1.32. The second-order valence-electron chi connectivity index (χ2n) is 3.31. The number of hydrogen-bond acceptors (Lipinski definition) is 2. The molecule has 15 heavy (non-hydrogen) atoms. The number of hydrogen-bond donors (Lipinski definition) is 2. The number of aromatic amines is 1. The number of nitrogens with one attached hydrogen (secondary N) is 1. The Morgan fingerprint density at radius 1 is 1.33 bits per heavy atom. The van der Waals surface area contributed by atoms with E-state index in [0.717, 1.165) is 16.4 Å². The average molecular weight is 222 g/mol. The number of nitrogens with zero attached hydrogens (tertiary/aromatic N) is 1. The molecule has 0 saturated carbocycles. The summed E-state index contributed by atoms with van der Waals surface area (Å²) in [6, 6.07) is 7.68. The van der Waals surface area contributed by atoms with Crippen molar-refractivity contribution in [2.75, 3.05) is 6.54 Å². The normalized spacial score (nSPS) is 12.7. The van der Waals surface area contributed by atoms with E-state index in [0.29, 0.717) is 6.54 Å². The maximum absolute atomic E-state index is 5.83. The summed E-state index contributed by atoms with van der Waals surface area (Å²) in [5.74, 6) is 0.997. The highest BCUT2D eigenvalue weighted by Gasteiger charge is 2.13. The standard InChI is InChI=1S/C11H12ClN3/c12-9-3-1-8(2-4-9)10(7-13)11-14-5-6-15-11/h1-6,10H,7,13H2,(H,14,15). The minimum atomic E-state index is 0.109. The van der Waals surface area contributed by atoms with Crippen molar-refractivity contribution in [3.63, 3.8) is 0 Å². The van der Waals surface area contributed by atoms with Crippen LogP contribution in [-0.2, 0) is 0 Å². The highest BCUT2D eigenvalue weighted by Crippen LogP contribution is 2.21. The van der Waals surface area contributed by atoms with E-state index in [1.54, 1.807) is 12.4 Å². The molecular weight excluding hydrogens is 210 g/mol. The van der Waals surface area contributed by atoms with Crippen LogP contribution in [0, 0.1) is 0 Å². The number of H-pyrrole nitrogens is 1. The first kappa shape index (κ1) is 10.2. The molecule has 0 aliphatic rings. The number of imidazole rings is 1. The van der Waals surface area contributed by atoms with E-state index < -0.39 is 0 Å². The number of rotatable bonds is 3. The minimum Gasteiger partial charge on any atom is -0.348 e. The molecule has 0 aliphatic carbocycles. The summed E-state index contributed by atoms with van der Waals surface area (Å²) in [6.07, 6.45) is 3.53. The van der Waals surface area contributed by atoms with Crippen LogP contribution in [0.25, 0.3) is 0 Å². The highest BCUT2D eigenvalue weighted by atomic mass is 35.5. The third-order valence-corrected chi connectivity index (χ3v) is 2.61. The number of benzene rings is 1. The van der Waals surface area contributed by atoms with E-state index in [4.69, 9.17) is 17.3 Å². The number of aromatic nitrogens is 2. The second-order valence-corrected chi connectivity index (χ2v) is 3.75. The molecule has 0 amide bonds. The molecule has 0 fully saturated rings. The van der Waals surface area contributed by atoms with Crippen LogP contribution in [0.5, 0.6) is 0 Å². The Labute approximate surface area is 93.3 Å². The van der Waals surface area contributed by atoms with Crippen LogP contribution in [0.15, 0.2) is 36.7 Å². The maximum atomic E-state index is 5.83. The molecule has 0 spiro atoms. The molecule has 1 atom stereocenters. The van der Waals surface area contributed by atoms with Crippen LogP contribution in [0.1, 0.15) is 17.3 Å². The first-order chi connectivity index (χ1) is 7.31. The lowest BCUT2D eigenvalue weighted by molar-refractivity contribution is 0.765. The van der Waals surface area contributed by atoms with Gasteiger partial charge in [0, 0.05) is 24.0 Å². The van der Waals surface area contributed by atoms with Gasteiger partial charge in [0.05, 0.1) is 5.92 Å². The van der Waals surface area contributed by atoms with E-state index in [9.17, 15) is 0 Å². The summed E-state index contributed by atoms with van der Waals surface area (Å²) < 4.78 is 0. The number of halogens is 1. The Balaban J connectivity index is 2.31. The van der Waals surface area contributed by atoms with Crippen LogP contribution >= 0.6 is 11.6 Å². The largest absolute Gasteiger partial charge is 0.348 e. The Morgan fingerprint density at radius 3 is 2.60 bits per heavy atom. The van der Waals surface area contributed by atoms with Crippen LogP contribution in [0.2, 0.25) is 5.02 Å². The predicted octanol–water partition coefficient (Wildman–Crippen LogP) is 2.15. The van der Waals surface area contributed by atoms with Crippen molar-refractivity contribution in [2.24, 2.45) is 5.73 Å². The third kappa shape index (κ3) is 2.19. The van der Waals surface area contributed by atoms with Crippen molar-refractivity contribution in [1.29, 1.82) is 0 Å². The fourth-order valence-electron chi connectivity index (χ4n) is 1.57. The van der Waals surface area contributed by atoms with Gasteiger partial charge in [-0.3, -0.25) is 0 Å². The van der Waals surface area contributed by atoms with Gasteiger partial charge in [0.1, 0.15) is 5.82 Å². The van der Waals surface area contributed by atoms with Crippen molar-refractivity contribution < 1.29 is 0 Å². The lowest BCUT2D eigenvalue weighted by atomic mass is 9.99. The van der Waals surface area contributed by atoms with Gasteiger partial charge in [0.15, 0.2) is 0 Å².